The molecule has 1 aromatic heterocycles. The lowest BCUT2D eigenvalue weighted by Crippen LogP contribution is -2.35. The van der Waals surface area contributed by atoms with Gasteiger partial charge in [-0.15, -0.1) is 0 Å². The Kier molecular flexibility index (Phi) is 5.45. The van der Waals surface area contributed by atoms with Crippen LogP contribution in [0.15, 0.2) is 10.6 Å². The van der Waals surface area contributed by atoms with E-state index in [0.29, 0.717) is 30.4 Å². The van der Waals surface area contributed by atoms with Crippen molar-refractivity contribution in [2.45, 2.75) is 38.0 Å². The summed E-state index contributed by atoms with van der Waals surface area (Å²) in [6, 6.07) is 1.15. The molecular formula is C14H19N3O6. The Labute approximate surface area is 132 Å². The topological polar surface area (TPSA) is 126 Å². The van der Waals surface area contributed by atoms with E-state index >= 15 is 0 Å². The molecule has 0 spiro atoms. The van der Waals surface area contributed by atoms with Crippen LogP contribution in [0.5, 0.6) is 0 Å². The fraction of sp³-hybridized carbons (Fsp3) is 0.571. The zero-order chi connectivity index (χ0) is 17.0. The van der Waals surface area contributed by atoms with E-state index < -0.39 is 11.9 Å². The molecule has 2 aliphatic heterocycles. The monoisotopic (exact) mass is 325 g/mol. The second kappa shape index (κ2) is 7.34. The number of aromatic nitrogens is 2. The third-order valence-electron chi connectivity index (χ3n) is 3.98. The van der Waals surface area contributed by atoms with Crippen LogP contribution < -0.4 is 0 Å². The lowest BCUT2D eigenvalue weighted by molar-refractivity contribution is -0.159. The minimum atomic E-state index is -1.82. The van der Waals surface area contributed by atoms with Gasteiger partial charge in [0.15, 0.2) is 5.82 Å². The number of rotatable bonds is 3. The van der Waals surface area contributed by atoms with Gasteiger partial charge in [0.1, 0.15) is 6.61 Å². The van der Waals surface area contributed by atoms with Crippen molar-refractivity contribution in [1.82, 2.24) is 15.0 Å². The fourth-order valence-electron chi connectivity index (χ4n) is 2.86. The maximum absolute atomic E-state index is 9.10. The number of methoxy groups -OCH3 is 1. The van der Waals surface area contributed by atoms with Crippen molar-refractivity contribution < 1.29 is 29.1 Å². The molecule has 0 amide bonds. The highest BCUT2D eigenvalue weighted by Crippen LogP contribution is 2.38. The van der Waals surface area contributed by atoms with Crippen LogP contribution >= 0.6 is 0 Å². The third-order valence-corrected chi connectivity index (χ3v) is 3.98. The van der Waals surface area contributed by atoms with Crippen molar-refractivity contribution in [3.05, 3.63) is 17.8 Å². The van der Waals surface area contributed by atoms with Gasteiger partial charge in [0.25, 0.3) is 5.89 Å². The highest BCUT2D eigenvalue weighted by molar-refractivity contribution is 6.27. The highest BCUT2D eigenvalue weighted by Gasteiger charge is 2.37. The van der Waals surface area contributed by atoms with Gasteiger partial charge in [-0.3, -0.25) is 4.90 Å². The average molecular weight is 325 g/mol. The molecule has 2 aliphatic rings. The van der Waals surface area contributed by atoms with E-state index in [1.807, 2.05) is 0 Å². The van der Waals surface area contributed by atoms with E-state index in [0.717, 1.165) is 6.42 Å². The van der Waals surface area contributed by atoms with Crippen LogP contribution in [0.25, 0.3) is 5.57 Å². The molecule has 0 aliphatic carbocycles. The Morgan fingerprint density at radius 3 is 2.70 bits per heavy atom. The van der Waals surface area contributed by atoms with E-state index in [1.165, 1.54) is 18.4 Å². The molecule has 0 aromatic carbocycles. The van der Waals surface area contributed by atoms with Gasteiger partial charge >= 0.3 is 11.9 Å². The molecule has 1 fully saturated rings. The number of fused-ring (bicyclic) bond motifs is 2. The predicted octanol–water partition coefficient (Wildman–Crippen LogP) is 0.621. The molecule has 9 heteroatoms. The Morgan fingerprint density at radius 1 is 1.39 bits per heavy atom. The van der Waals surface area contributed by atoms with Gasteiger partial charge in [0.05, 0.1) is 0 Å². The minimum absolute atomic E-state index is 0.403. The predicted molar refractivity (Wildman–Crippen MR) is 77.4 cm³/mol. The number of hydrogen-bond acceptors (Lipinski definition) is 7. The van der Waals surface area contributed by atoms with Crippen molar-refractivity contribution in [3.63, 3.8) is 0 Å². The summed E-state index contributed by atoms with van der Waals surface area (Å²) in [6.45, 7) is 0.403. The fourth-order valence-corrected chi connectivity index (χ4v) is 2.86. The number of nitrogens with zero attached hydrogens (tertiary/aromatic N) is 3. The van der Waals surface area contributed by atoms with Gasteiger partial charge in [-0.25, -0.2) is 9.59 Å². The molecule has 3 heterocycles. The first kappa shape index (κ1) is 17.1. The number of aliphatic carboxylic acids is 2. The van der Waals surface area contributed by atoms with Gasteiger partial charge in [-0.05, 0) is 26.3 Å². The molecular weight excluding hydrogens is 306 g/mol. The first-order valence-electron chi connectivity index (χ1n) is 7.14. The smallest absolute Gasteiger partial charge is 0.414 e. The average Bonchev–Trinajstić information content (AvgIpc) is 3.03. The zero-order valence-electron chi connectivity index (χ0n) is 12.9. The number of carbonyl (C=O) groups is 2. The Bertz CT molecular complexity index is 599. The molecule has 9 nitrogen and oxygen atoms in total. The molecule has 0 saturated carbocycles. The standard InChI is InChI=1S/C12H17N3O2.C2H2O4/c1-15-8-3-5-9(10(15)6-4-8)12-13-11(7-16-2)14-17-12;3-1(4)2(5)6/h5,8,10H,3-4,6-7H2,1-2H3;(H,3,4)(H,5,6). The Hall–Kier alpha value is -2.26. The molecule has 2 atom stereocenters. The summed E-state index contributed by atoms with van der Waals surface area (Å²) in [5.41, 5.74) is 1.19. The summed E-state index contributed by atoms with van der Waals surface area (Å²) in [7, 11) is 3.81. The summed E-state index contributed by atoms with van der Waals surface area (Å²) in [6.07, 6.45) is 5.80. The van der Waals surface area contributed by atoms with Crippen LogP contribution in [-0.4, -0.2) is 63.4 Å². The normalized spacial score (nSPS) is 23.0. The van der Waals surface area contributed by atoms with E-state index in [9.17, 15) is 0 Å². The summed E-state index contributed by atoms with van der Waals surface area (Å²) in [5, 5.41) is 18.7. The molecule has 2 bridgehead atoms. The van der Waals surface area contributed by atoms with Crippen LogP contribution in [0.1, 0.15) is 31.0 Å². The van der Waals surface area contributed by atoms with Gasteiger partial charge in [-0.2, -0.15) is 4.98 Å². The molecule has 126 valence electrons. The van der Waals surface area contributed by atoms with Crippen LogP contribution in [0.2, 0.25) is 0 Å². The molecule has 3 rings (SSSR count). The number of hydrogen-bond donors (Lipinski definition) is 2. The van der Waals surface area contributed by atoms with Crippen LogP contribution in [0, 0.1) is 0 Å². The molecule has 0 radical (unpaired) electrons. The van der Waals surface area contributed by atoms with E-state index in [4.69, 9.17) is 29.1 Å². The van der Waals surface area contributed by atoms with Crippen LogP contribution in [-0.2, 0) is 20.9 Å². The second-order valence-electron chi connectivity index (χ2n) is 5.37. The van der Waals surface area contributed by atoms with Crippen molar-refractivity contribution >= 4 is 17.5 Å². The first-order valence-corrected chi connectivity index (χ1v) is 7.14. The first-order chi connectivity index (χ1) is 10.9. The quantitative estimate of drug-likeness (QED) is 0.769. The Morgan fingerprint density at radius 2 is 2.09 bits per heavy atom. The lowest BCUT2D eigenvalue weighted by atomic mass is 10.0. The molecule has 1 saturated heterocycles. The SMILES string of the molecule is COCc1noc(C2=CCC3CCC2N3C)n1.O=C(O)C(=O)O. The number of likely N-dealkylation sites (N-methyl/N-ethyl adjacent to an activating group) is 1. The van der Waals surface area contributed by atoms with Crippen LogP contribution in [0.4, 0.5) is 0 Å². The lowest BCUT2D eigenvalue weighted by Gasteiger charge is -2.29. The molecule has 23 heavy (non-hydrogen) atoms. The van der Waals surface area contributed by atoms with Crippen LogP contribution in [0.3, 0.4) is 0 Å². The summed E-state index contributed by atoms with van der Waals surface area (Å²) < 4.78 is 10.3. The molecule has 2 unspecified atom stereocenters. The maximum Gasteiger partial charge on any atom is 0.414 e. The third kappa shape index (κ3) is 3.93. The molecule has 2 N–H and O–H groups in total. The summed E-state index contributed by atoms with van der Waals surface area (Å²) >= 11 is 0. The maximum atomic E-state index is 9.10. The van der Waals surface area contributed by atoms with E-state index in [1.54, 1.807) is 7.11 Å². The highest BCUT2D eigenvalue weighted by atomic mass is 16.5. The van der Waals surface area contributed by atoms with Gasteiger partial charge in [0, 0.05) is 24.8 Å². The van der Waals surface area contributed by atoms with Gasteiger partial charge in [-0.1, -0.05) is 11.2 Å². The minimum Gasteiger partial charge on any atom is -0.473 e. The largest absolute Gasteiger partial charge is 0.473 e. The summed E-state index contributed by atoms with van der Waals surface area (Å²) in [4.78, 5) is 25.0. The van der Waals surface area contributed by atoms with Crippen molar-refractivity contribution in [1.29, 1.82) is 0 Å². The van der Waals surface area contributed by atoms with E-state index in [2.05, 4.69) is 28.2 Å². The number of carboxylic acid groups (broad SMARTS) is 2. The summed E-state index contributed by atoms with van der Waals surface area (Å²) in [5.74, 6) is -2.37. The van der Waals surface area contributed by atoms with Crippen molar-refractivity contribution in [3.8, 4) is 0 Å². The Balaban J connectivity index is 0.000000277. The van der Waals surface area contributed by atoms with Gasteiger partial charge in [0.2, 0.25) is 0 Å². The van der Waals surface area contributed by atoms with E-state index in [-0.39, 0.29) is 0 Å². The van der Waals surface area contributed by atoms with Crippen molar-refractivity contribution in [2.75, 3.05) is 14.2 Å². The second-order valence-corrected chi connectivity index (χ2v) is 5.37. The number of carboxylic acids is 2. The van der Waals surface area contributed by atoms with Crippen molar-refractivity contribution in [2.24, 2.45) is 0 Å². The number of ether oxygens (including phenoxy) is 1. The zero-order valence-corrected chi connectivity index (χ0v) is 12.9. The molecule has 1 aromatic rings. The van der Waals surface area contributed by atoms with Gasteiger partial charge < -0.3 is 19.5 Å².